The molecule has 0 spiro atoms. The number of nitrogens with one attached hydrogen (secondary N) is 2. The van der Waals surface area contributed by atoms with Gasteiger partial charge in [0.15, 0.2) is 0 Å². The summed E-state index contributed by atoms with van der Waals surface area (Å²) in [6.07, 6.45) is 0. The molecule has 1 heterocycles. The predicted octanol–water partition coefficient (Wildman–Crippen LogP) is 7.67. The molecule has 0 saturated carbocycles. The van der Waals surface area contributed by atoms with Crippen LogP contribution in [0.5, 0.6) is 0 Å². The molecule has 0 saturated heterocycles. The van der Waals surface area contributed by atoms with E-state index in [1.165, 1.54) is 5.56 Å². The molecule has 0 unspecified atom stereocenters. The van der Waals surface area contributed by atoms with Gasteiger partial charge in [-0.2, -0.15) is 0 Å². The van der Waals surface area contributed by atoms with E-state index in [0.717, 1.165) is 52.8 Å². The molecule has 0 atom stereocenters. The number of benzene rings is 5. The Balaban J connectivity index is 1.29. The van der Waals surface area contributed by atoms with Crippen LogP contribution in [0.25, 0.3) is 32.4 Å². The zero-order chi connectivity index (χ0) is 25.4. The number of fused-ring (bicyclic) bond motifs is 3. The number of halogens is 1. The van der Waals surface area contributed by atoms with E-state index >= 15 is 0 Å². The van der Waals surface area contributed by atoms with Gasteiger partial charge in [-0.3, -0.25) is 4.79 Å². The first kappa shape index (κ1) is 23.6. The van der Waals surface area contributed by atoms with E-state index in [2.05, 4.69) is 64.9 Å². The van der Waals surface area contributed by atoms with Crippen molar-refractivity contribution >= 4 is 61.7 Å². The molecular formula is C31H24ClN3OS. The first-order chi connectivity index (χ1) is 18.1. The maximum atomic E-state index is 12.2. The van der Waals surface area contributed by atoms with E-state index in [0.29, 0.717) is 18.8 Å². The van der Waals surface area contributed by atoms with Gasteiger partial charge in [0, 0.05) is 39.7 Å². The molecule has 0 aliphatic rings. The van der Waals surface area contributed by atoms with Crippen molar-refractivity contribution in [1.29, 1.82) is 0 Å². The number of aromatic amines is 1. The van der Waals surface area contributed by atoms with Gasteiger partial charge in [-0.05, 0) is 40.1 Å². The molecule has 5 aromatic carbocycles. The summed E-state index contributed by atoms with van der Waals surface area (Å²) in [4.78, 5) is 17.3. The van der Waals surface area contributed by atoms with E-state index in [1.807, 2.05) is 42.5 Å². The van der Waals surface area contributed by atoms with Crippen molar-refractivity contribution in [3.63, 3.8) is 0 Å². The van der Waals surface area contributed by atoms with E-state index in [1.54, 1.807) is 11.8 Å². The molecule has 37 heavy (non-hydrogen) atoms. The minimum Gasteiger partial charge on any atom is -0.364 e. The predicted molar refractivity (Wildman–Crippen MR) is 154 cm³/mol. The molecule has 182 valence electrons. The monoisotopic (exact) mass is 521 g/mol. The van der Waals surface area contributed by atoms with Gasteiger partial charge in [0.1, 0.15) is 5.69 Å². The molecule has 0 radical (unpaired) electrons. The zero-order valence-electron chi connectivity index (χ0n) is 19.9. The van der Waals surface area contributed by atoms with Crippen LogP contribution in [0.15, 0.2) is 107 Å². The number of hydrogen-bond donors (Lipinski definition) is 3. The average Bonchev–Trinajstić information content (AvgIpc) is 3.29. The highest BCUT2D eigenvalue weighted by atomic mass is 35.5. The second-order valence-electron chi connectivity index (χ2n) is 8.98. The standard InChI is InChI=1S/C31H24ClN3OS/c32-28-23-12-6-4-10-21(23)26(22-11-5-7-13-24(22)28)18-34-17-19-14-15-25-27(16-19)35-29(31(33)36)30(25)37-20-8-2-1-3-9-20/h1-16,34-35H,17-18H2,(H2,33,36). The first-order valence-corrected chi connectivity index (χ1v) is 13.3. The second-order valence-corrected chi connectivity index (χ2v) is 10.4. The summed E-state index contributed by atoms with van der Waals surface area (Å²) in [5.74, 6) is -0.462. The number of hydrogen-bond acceptors (Lipinski definition) is 3. The highest BCUT2D eigenvalue weighted by molar-refractivity contribution is 7.99. The molecule has 6 aromatic rings. The van der Waals surface area contributed by atoms with Crippen molar-refractivity contribution in [2.45, 2.75) is 22.9 Å². The topological polar surface area (TPSA) is 70.9 Å². The first-order valence-electron chi connectivity index (χ1n) is 12.1. The number of H-pyrrole nitrogens is 1. The fourth-order valence-corrected chi connectivity index (χ4v) is 6.30. The zero-order valence-corrected chi connectivity index (χ0v) is 21.5. The van der Waals surface area contributed by atoms with Gasteiger partial charge in [-0.15, -0.1) is 0 Å². The highest BCUT2D eigenvalue weighted by Gasteiger charge is 2.17. The van der Waals surface area contributed by atoms with Crippen LogP contribution in [0, 0.1) is 0 Å². The molecule has 4 N–H and O–H groups in total. The van der Waals surface area contributed by atoms with Crippen LogP contribution >= 0.6 is 23.4 Å². The molecule has 0 bridgehead atoms. The lowest BCUT2D eigenvalue weighted by atomic mass is 9.96. The van der Waals surface area contributed by atoms with Crippen LogP contribution in [0.3, 0.4) is 0 Å². The molecule has 0 fully saturated rings. The van der Waals surface area contributed by atoms with Crippen molar-refractivity contribution in [2.24, 2.45) is 5.73 Å². The molecule has 6 rings (SSSR count). The lowest BCUT2D eigenvalue weighted by Gasteiger charge is -2.14. The Morgan fingerprint density at radius 1 is 0.784 bits per heavy atom. The van der Waals surface area contributed by atoms with Crippen molar-refractivity contribution in [3.05, 3.63) is 119 Å². The van der Waals surface area contributed by atoms with Crippen LogP contribution < -0.4 is 11.1 Å². The van der Waals surface area contributed by atoms with Gasteiger partial charge in [0.25, 0.3) is 5.91 Å². The summed E-state index contributed by atoms with van der Waals surface area (Å²) in [5.41, 5.74) is 9.39. The number of amides is 1. The number of aromatic nitrogens is 1. The summed E-state index contributed by atoms with van der Waals surface area (Å²) in [7, 11) is 0. The maximum absolute atomic E-state index is 12.2. The molecule has 6 heteroatoms. The van der Waals surface area contributed by atoms with Crippen LogP contribution in [-0.2, 0) is 13.1 Å². The Morgan fingerprint density at radius 3 is 2.05 bits per heavy atom. The number of rotatable bonds is 7. The van der Waals surface area contributed by atoms with Crippen LogP contribution in [0.2, 0.25) is 5.02 Å². The van der Waals surface area contributed by atoms with Crippen molar-refractivity contribution in [3.8, 4) is 0 Å². The van der Waals surface area contributed by atoms with Gasteiger partial charge in [0.2, 0.25) is 0 Å². The highest BCUT2D eigenvalue weighted by Crippen LogP contribution is 2.38. The van der Waals surface area contributed by atoms with Gasteiger partial charge in [-0.25, -0.2) is 0 Å². The SMILES string of the molecule is NC(=O)c1[nH]c2cc(CNCc3c4ccccc4c(Cl)c4ccccc34)ccc2c1Sc1ccccc1. The number of primary amides is 1. The molecule has 1 aromatic heterocycles. The number of carbonyl (C=O) groups excluding carboxylic acids is 1. The Hall–Kier alpha value is -3.77. The third kappa shape index (κ3) is 4.46. The molecule has 1 amide bonds. The Bertz CT molecular complexity index is 1720. The third-order valence-corrected chi connectivity index (χ3v) is 8.18. The Morgan fingerprint density at radius 2 is 1.41 bits per heavy atom. The van der Waals surface area contributed by atoms with Crippen molar-refractivity contribution in [1.82, 2.24) is 10.3 Å². The van der Waals surface area contributed by atoms with Gasteiger partial charge in [-0.1, -0.05) is 102 Å². The van der Waals surface area contributed by atoms with E-state index in [9.17, 15) is 4.79 Å². The summed E-state index contributed by atoms with van der Waals surface area (Å²) in [6.45, 7) is 1.37. The summed E-state index contributed by atoms with van der Waals surface area (Å²) < 4.78 is 0. The van der Waals surface area contributed by atoms with E-state index in [-0.39, 0.29) is 0 Å². The largest absolute Gasteiger partial charge is 0.364 e. The maximum Gasteiger partial charge on any atom is 0.266 e. The summed E-state index contributed by atoms with van der Waals surface area (Å²) in [6, 6.07) is 32.8. The smallest absolute Gasteiger partial charge is 0.266 e. The second kappa shape index (κ2) is 9.94. The fraction of sp³-hybridized carbons (Fsp3) is 0.0645. The minimum absolute atomic E-state index is 0.438. The van der Waals surface area contributed by atoms with Crippen LogP contribution in [0.4, 0.5) is 0 Å². The molecule has 4 nitrogen and oxygen atoms in total. The summed E-state index contributed by atoms with van der Waals surface area (Å²) >= 11 is 8.31. The average molecular weight is 522 g/mol. The fourth-order valence-electron chi connectivity index (χ4n) is 4.90. The van der Waals surface area contributed by atoms with Crippen molar-refractivity contribution < 1.29 is 4.79 Å². The number of nitrogens with two attached hydrogens (primary N) is 1. The molecule has 0 aliphatic heterocycles. The lowest BCUT2D eigenvalue weighted by Crippen LogP contribution is -2.13. The van der Waals surface area contributed by atoms with Crippen LogP contribution in [-0.4, -0.2) is 10.9 Å². The van der Waals surface area contributed by atoms with Gasteiger partial charge >= 0.3 is 0 Å². The van der Waals surface area contributed by atoms with E-state index in [4.69, 9.17) is 17.3 Å². The summed E-state index contributed by atoms with van der Waals surface area (Å²) in [5, 5.41) is 9.85. The lowest BCUT2D eigenvalue weighted by molar-refractivity contribution is 0.0993. The van der Waals surface area contributed by atoms with Crippen molar-refractivity contribution in [2.75, 3.05) is 0 Å². The third-order valence-electron chi connectivity index (χ3n) is 6.63. The quantitative estimate of drug-likeness (QED) is 0.189. The van der Waals surface area contributed by atoms with E-state index < -0.39 is 5.91 Å². The number of carbonyl (C=O) groups is 1. The van der Waals surface area contributed by atoms with Gasteiger partial charge < -0.3 is 16.0 Å². The Kier molecular flexibility index (Phi) is 6.35. The van der Waals surface area contributed by atoms with Gasteiger partial charge in [0.05, 0.1) is 9.92 Å². The Labute approximate surface area is 223 Å². The normalized spacial score (nSPS) is 11.5. The van der Waals surface area contributed by atoms with Crippen LogP contribution in [0.1, 0.15) is 21.6 Å². The molecular weight excluding hydrogens is 498 g/mol. The molecule has 0 aliphatic carbocycles. The minimum atomic E-state index is -0.462.